The molecule has 0 fully saturated rings. The van der Waals surface area contributed by atoms with Crippen molar-refractivity contribution in [1.29, 1.82) is 0 Å². The first kappa shape index (κ1) is 19.8. The van der Waals surface area contributed by atoms with Gasteiger partial charge in [0.05, 0.1) is 16.3 Å². The van der Waals surface area contributed by atoms with Crippen LogP contribution in [0.25, 0.3) is 15.9 Å². The summed E-state index contributed by atoms with van der Waals surface area (Å²) in [5.74, 6) is 1.09. The number of aromatic amines is 1. The lowest BCUT2D eigenvalue weighted by Crippen LogP contribution is -2.12. The topological polar surface area (TPSA) is 89.3 Å². The van der Waals surface area contributed by atoms with E-state index in [0.29, 0.717) is 22.3 Å². The maximum atomic E-state index is 12.6. The Labute approximate surface area is 176 Å². The highest BCUT2D eigenvalue weighted by Gasteiger charge is 2.19. The van der Waals surface area contributed by atoms with E-state index in [1.165, 1.54) is 17.3 Å². The third-order valence-corrected chi connectivity index (χ3v) is 7.11. The Bertz CT molecular complexity index is 1220. The van der Waals surface area contributed by atoms with E-state index in [-0.39, 0.29) is 10.8 Å². The summed E-state index contributed by atoms with van der Waals surface area (Å²) in [6, 6.07) is 8.22. The number of tetrazole rings is 1. The van der Waals surface area contributed by atoms with Crippen molar-refractivity contribution in [3.05, 3.63) is 56.4 Å². The highest BCUT2D eigenvalue weighted by Crippen LogP contribution is 2.34. The molecule has 0 unspecified atom stereocenters. The average Bonchev–Trinajstić information content (AvgIpc) is 3.26. The van der Waals surface area contributed by atoms with Crippen LogP contribution in [0.1, 0.15) is 53.8 Å². The molecule has 0 saturated heterocycles. The fraction of sp³-hybridized carbons (Fsp3) is 0.350. The summed E-state index contributed by atoms with van der Waals surface area (Å²) in [6.45, 7) is 10.3. The smallest absolute Gasteiger partial charge is 0.259 e. The second kappa shape index (κ2) is 7.72. The minimum absolute atomic E-state index is 0.0943. The maximum Gasteiger partial charge on any atom is 0.259 e. The lowest BCUT2D eigenvalue weighted by atomic mass is 10.0. The van der Waals surface area contributed by atoms with Crippen molar-refractivity contribution in [3.63, 3.8) is 0 Å². The fourth-order valence-electron chi connectivity index (χ4n) is 3.09. The van der Waals surface area contributed by atoms with E-state index >= 15 is 0 Å². The molecule has 29 heavy (non-hydrogen) atoms. The molecule has 7 nitrogen and oxygen atoms in total. The van der Waals surface area contributed by atoms with Gasteiger partial charge in [-0.2, -0.15) is 4.68 Å². The number of thioether (sulfide) groups is 1. The van der Waals surface area contributed by atoms with Crippen LogP contribution in [0, 0.1) is 13.8 Å². The Balaban J connectivity index is 1.63. The highest BCUT2D eigenvalue weighted by atomic mass is 32.2. The van der Waals surface area contributed by atoms with Gasteiger partial charge in [0.15, 0.2) is 0 Å². The predicted octanol–water partition coefficient (Wildman–Crippen LogP) is 4.55. The largest absolute Gasteiger partial charge is 0.309 e. The number of benzene rings is 1. The molecule has 0 aliphatic rings. The van der Waals surface area contributed by atoms with Gasteiger partial charge in [0.2, 0.25) is 5.16 Å². The predicted molar refractivity (Wildman–Crippen MR) is 117 cm³/mol. The zero-order valence-electron chi connectivity index (χ0n) is 16.9. The van der Waals surface area contributed by atoms with Gasteiger partial charge in [-0.1, -0.05) is 37.7 Å². The van der Waals surface area contributed by atoms with E-state index in [9.17, 15) is 4.79 Å². The van der Waals surface area contributed by atoms with Gasteiger partial charge in [-0.3, -0.25) is 4.79 Å². The Morgan fingerprint density at radius 3 is 2.55 bits per heavy atom. The third-order valence-electron chi connectivity index (χ3n) is 4.97. The summed E-state index contributed by atoms with van der Waals surface area (Å²) in [5, 5.41) is 13.4. The lowest BCUT2D eigenvalue weighted by Gasteiger charge is -2.11. The van der Waals surface area contributed by atoms with Gasteiger partial charge in [-0.25, -0.2) is 4.98 Å². The molecule has 4 aromatic rings. The number of nitrogens with one attached hydrogen (secondary N) is 1. The van der Waals surface area contributed by atoms with E-state index in [1.807, 2.05) is 32.9 Å². The minimum Gasteiger partial charge on any atom is -0.309 e. The molecule has 4 rings (SSSR count). The van der Waals surface area contributed by atoms with E-state index < -0.39 is 0 Å². The molecule has 0 amide bonds. The molecule has 0 radical (unpaired) electrons. The summed E-state index contributed by atoms with van der Waals surface area (Å²) in [6.07, 6.45) is 0. The Morgan fingerprint density at radius 1 is 1.14 bits per heavy atom. The molecule has 0 saturated carbocycles. The van der Waals surface area contributed by atoms with Crippen molar-refractivity contribution >= 4 is 33.3 Å². The van der Waals surface area contributed by atoms with Gasteiger partial charge in [0, 0.05) is 4.88 Å². The molecule has 3 aromatic heterocycles. The van der Waals surface area contributed by atoms with Crippen molar-refractivity contribution in [2.75, 3.05) is 0 Å². The van der Waals surface area contributed by atoms with Crippen molar-refractivity contribution < 1.29 is 0 Å². The minimum atomic E-state index is -0.116. The first-order valence-electron chi connectivity index (χ1n) is 9.40. The number of hydrogen-bond donors (Lipinski definition) is 1. The Hall–Kier alpha value is -2.52. The number of nitrogens with zero attached hydrogens (tertiary/aromatic N) is 5. The van der Waals surface area contributed by atoms with Crippen LogP contribution < -0.4 is 5.56 Å². The number of H-pyrrole nitrogens is 1. The molecule has 1 N–H and O–H groups in total. The van der Waals surface area contributed by atoms with Crippen LogP contribution in [-0.4, -0.2) is 30.2 Å². The molecule has 150 valence electrons. The summed E-state index contributed by atoms with van der Waals surface area (Å²) in [7, 11) is 0. The molecule has 0 aliphatic heterocycles. The van der Waals surface area contributed by atoms with Crippen molar-refractivity contribution in [1.82, 2.24) is 30.2 Å². The summed E-state index contributed by atoms with van der Waals surface area (Å²) in [4.78, 5) is 22.1. The maximum absolute atomic E-state index is 12.6. The number of hydrogen-bond acceptors (Lipinski definition) is 7. The van der Waals surface area contributed by atoms with Crippen molar-refractivity contribution in [2.24, 2.45) is 0 Å². The molecule has 1 aromatic carbocycles. The number of aryl methyl sites for hydroxylation is 2. The van der Waals surface area contributed by atoms with Gasteiger partial charge in [-0.15, -0.1) is 16.4 Å². The second-order valence-electron chi connectivity index (χ2n) is 7.29. The van der Waals surface area contributed by atoms with E-state index in [0.717, 1.165) is 21.0 Å². The van der Waals surface area contributed by atoms with Crippen LogP contribution in [0.2, 0.25) is 0 Å². The quantitative estimate of drug-likeness (QED) is 0.471. The lowest BCUT2D eigenvalue weighted by molar-refractivity contribution is 0.752. The first-order chi connectivity index (χ1) is 13.8. The van der Waals surface area contributed by atoms with Gasteiger partial charge < -0.3 is 4.98 Å². The van der Waals surface area contributed by atoms with Gasteiger partial charge in [-0.05, 0) is 60.4 Å². The molecular weight excluding hydrogens is 404 g/mol. The summed E-state index contributed by atoms with van der Waals surface area (Å²) in [5.41, 5.74) is 3.07. The third kappa shape index (κ3) is 3.72. The van der Waals surface area contributed by atoms with Gasteiger partial charge >= 0.3 is 0 Å². The SMILES string of the molecule is Cc1sc2nc([C@@H](C)Sc3nnnn3-c3ccc(C(C)C)cc3)[nH]c(=O)c2c1C. The van der Waals surface area contributed by atoms with Crippen LogP contribution in [0.3, 0.4) is 0 Å². The van der Waals surface area contributed by atoms with Crippen LogP contribution >= 0.6 is 23.1 Å². The highest BCUT2D eigenvalue weighted by molar-refractivity contribution is 7.99. The zero-order chi connectivity index (χ0) is 20.7. The number of aromatic nitrogens is 6. The number of fused-ring (bicyclic) bond motifs is 1. The van der Waals surface area contributed by atoms with Gasteiger partial charge in [0.25, 0.3) is 5.56 Å². The number of thiophene rings is 1. The van der Waals surface area contributed by atoms with Crippen molar-refractivity contribution in [3.8, 4) is 5.69 Å². The normalized spacial score (nSPS) is 12.8. The van der Waals surface area contributed by atoms with E-state index in [1.54, 1.807) is 16.0 Å². The van der Waals surface area contributed by atoms with Crippen molar-refractivity contribution in [2.45, 2.75) is 50.9 Å². The molecule has 0 aliphatic carbocycles. The van der Waals surface area contributed by atoms with Crippen LogP contribution in [0.5, 0.6) is 0 Å². The average molecular weight is 427 g/mol. The Morgan fingerprint density at radius 2 is 1.86 bits per heavy atom. The van der Waals surface area contributed by atoms with Crippen LogP contribution in [-0.2, 0) is 0 Å². The fourth-order valence-corrected chi connectivity index (χ4v) is 4.99. The molecule has 3 heterocycles. The number of rotatable bonds is 5. The van der Waals surface area contributed by atoms with Gasteiger partial charge in [0.1, 0.15) is 10.7 Å². The standard InChI is InChI=1S/C20H22N6OS2/c1-10(2)14-6-8-15(9-7-14)26-20(23-24-25-26)29-13(5)17-21-18(27)16-11(3)12(4)28-19(16)22-17/h6-10,13H,1-5H3,(H,21,22,27)/t13-/m1/s1. The first-order valence-corrected chi connectivity index (χ1v) is 11.1. The summed E-state index contributed by atoms with van der Waals surface area (Å²) < 4.78 is 1.71. The molecular formula is C20H22N6OS2. The molecule has 1 atom stereocenters. The van der Waals surface area contributed by atoms with Crippen LogP contribution in [0.15, 0.2) is 34.2 Å². The second-order valence-corrected chi connectivity index (χ2v) is 9.81. The van der Waals surface area contributed by atoms with Crippen LogP contribution in [0.4, 0.5) is 0 Å². The van der Waals surface area contributed by atoms with E-state index in [4.69, 9.17) is 4.98 Å². The monoisotopic (exact) mass is 426 g/mol. The molecule has 0 bridgehead atoms. The summed E-state index contributed by atoms with van der Waals surface area (Å²) >= 11 is 3.01. The molecule has 9 heteroatoms. The Kier molecular flexibility index (Phi) is 5.26. The zero-order valence-corrected chi connectivity index (χ0v) is 18.6. The molecule has 0 spiro atoms. The van der Waals surface area contributed by atoms with E-state index in [2.05, 4.69) is 46.5 Å².